The van der Waals surface area contributed by atoms with Gasteiger partial charge in [-0.25, -0.2) is 0 Å². The number of carbonyl (C=O) groups is 1. The Hall–Kier alpha value is -1.55. The number of methoxy groups -OCH3 is 1. The topological polar surface area (TPSA) is 32.8 Å². The molecule has 1 unspecified atom stereocenters. The highest BCUT2D eigenvalue weighted by molar-refractivity contribution is 5.88. The molecule has 1 fully saturated rings. The van der Waals surface area contributed by atoms with Gasteiger partial charge < -0.3 is 14.5 Å². The van der Waals surface area contributed by atoms with E-state index in [1.54, 1.807) is 7.11 Å². The third-order valence-corrected chi connectivity index (χ3v) is 5.02. The van der Waals surface area contributed by atoms with E-state index in [0.29, 0.717) is 0 Å². The van der Waals surface area contributed by atoms with E-state index in [2.05, 4.69) is 36.9 Å². The van der Waals surface area contributed by atoms with Gasteiger partial charge in [0.1, 0.15) is 5.75 Å². The lowest BCUT2D eigenvalue weighted by Crippen LogP contribution is -2.47. The van der Waals surface area contributed by atoms with Crippen LogP contribution in [0.1, 0.15) is 38.2 Å². The molecule has 0 radical (unpaired) electrons. The minimum Gasteiger partial charge on any atom is -0.497 e. The summed E-state index contributed by atoms with van der Waals surface area (Å²) in [6.45, 7) is 4.71. The zero-order valence-corrected chi connectivity index (χ0v) is 15.0. The van der Waals surface area contributed by atoms with Crippen LogP contribution in [0.3, 0.4) is 0 Å². The first-order chi connectivity index (χ1) is 11.0. The Morgan fingerprint density at radius 2 is 2.09 bits per heavy atom. The summed E-state index contributed by atoms with van der Waals surface area (Å²) in [4.78, 5) is 17.6. The van der Waals surface area contributed by atoms with Crippen LogP contribution in [0.2, 0.25) is 0 Å². The molecule has 1 heterocycles. The molecule has 1 aromatic carbocycles. The molecule has 1 amide bonds. The third-order valence-electron chi connectivity index (χ3n) is 5.02. The molecule has 1 saturated heterocycles. The number of amides is 1. The molecule has 0 aliphatic carbocycles. The maximum absolute atomic E-state index is 13.4. The number of hydrogen-bond acceptors (Lipinski definition) is 3. The Balaban J connectivity index is 2.34. The smallest absolute Gasteiger partial charge is 0.233 e. The molecular formula is C19H30N2O2. The molecule has 1 aromatic rings. The minimum atomic E-state index is -0.405. The van der Waals surface area contributed by atoms with E-state index >= 15 is 0 Å². The van der Waals surface area contributed by atoms with Crippen LogP contribution in [0.5, 0.6) is 5.75 Å². The summed E-state index contributed by atoms with van der Waals surface area (Å²) >= 11 is 0. The molecule has 23 heavy (non-hydrogen) atoms. The lowest BCUT2D eigenvalue weighted by Gasteiger charge is -2.35. The van der Waals surface area contributed by atoms with Gasteiger partial charge in [-0.3, -0.25) is 4.79 Å². The van der Waals surface area contributed by atoms with Gasteiger partial charge >= 0.3 is 0 Å². The molecule has 0 bridgehead atoms. The summed E-state index contributed by atoms with van der Waals surface area (Å²) in [5.41, 5.74) is 0.693. The van der Waals surface area contributed by atoms with Crippen LogP contribution in [0, 0.1) is 0 Å². The molecule has 0 saturated carbocycles. The number of rotatable bonds is 6. The number of benzene rings is 1. The van der Waals surface area contributed by atoms with Gasteiger partial charge in [0.05, 0.1) is 12.5 Å². The van der Waals surface area contributed by atoms with E-state index < -0.39 is 5.41 Å². The highest BCUT2D eigenvalue weighted by Gasteiger charge is 2.42. The summed E-state index contributed by atoms with van der Waals surface area (Å²) in [5, 5.41) is 0. The normalized spacial score (nSPS) is 22.3. The van der Waals surface area contributed by atoms with Crippen LogP contribution in [-0.2, 0) is 10.2 Å². The van der Waals surface area contributed by atoms with Gasteiger partial charge in [-0.05, 0) is 51.1 Å². The zero-order valence-electron chi connectivity index (χ0n) is 15.0. The van der Waals surface area contributed by atoms with Crippen molar-refractivity contribution in [3.8, 4) is 5.75 Å². The maximum atomic E-state index is 13.4. The molecule has 4 heteroatoms. The molecule has 1 atom stereocenters. The molecular weight excluding hydrogens is 288 g/mol. The van der Waals surface area contributed by atoms with Crippen LogP contribution in [0.4, 0.5) is 0 Å². The van der Waals surface area contributed by atoms with Crippen molar-refractivity contribution in [2.24, 2.45) is 0 Å². The minimum absolute atomic E-state index is 0.285. The summed E-state index contributed by atoms with van der Waals surface area (Å²) in [6, 6.07) is 8.06. The second kappa shape index (κ2) is 7.82. The number of carbonyl (C=O) groups excluding carboxylic acids is 1. The van der Waals surface area contributed by atoms with E-state index in [-0.39, 0.29) is 5.91 Å². The fourth-order valence-electron chi connectivity index (χ4n) is 3.50. The summed E-state index contributed by atoms with van der Waals surface area (Å²) in [6.07, 6.45) is 3.94. The highest BCUT2D eigenvalue weighted by Crippen LogP contribution is 2.38. The second-order valence-electron chi connectivity index (χ2n) is 6.72. The van der Waals surface area contributed by atoms with Crippen LogP contribution in [0.25, 0.3) is 0 Å². The van der Waals surface area contributed by atoms with Crippen molar-refractivity contribution < 1.29 is 9.53 Å². The summed E-state index contributed by atoms with van der Waals surface area (Å²) in [5.74, 6) is 1.11. The largest absolute Gasteiger partial charge is 0.497 e. The Morgan fingerprint density at radius 1 is 1.30 bits per heavy atom. The van der Waals surface area contributed by atoms with E-state index in [4.69, 9.17) is 4.74 Å². The Bertz CT molecular complexity index is 530. The zero-order chi connectivity index (χ0) is 16.9. The van der Waals surface area contributed by atoms with Crippen LogP contribution >= 0.6 is 0 Å². The van der Waals surface area contributed by atoms with Crippen molar-refractivity contribution >= 4 is 5.91 Å². The van der Waals surface area contributed by atoms with Gasteiger partial charge in [0, 0.05) is 19.6 Å². The Morgan fingerprint density at radius 3 is 2.74 bits per heavy atom. The van der Waals surface area contributed by atoms with Crippen molar-refractivity contribution in [2.45, 2.75) is 38.0 Å². The fraction of sp³-hybridized carbons (Fsp3) is 0.632. The standard InChI is InChI=1S/C19H30N2O2/c1-5-19(16-9-8-10-17(15-16)23-4)11-6-7-12-21(18(19)22)14-13-20(2)3/h8-10,15H,5-7,11-14H2,1-4H3. The van der Waals surface area contributed by atoms with Gasteiger partial charge in [-0.2, -0.15) is 0 Å². The van der Waals surface area contributed by atoms with E-state index in [1.165, 1.54) is 0 Å². The Labute approximate surface area is 140 Å². The SMILES string of the molecule is CCC1(c2cccc(OC)c2)CCCCN(CCN(C)C)C1=O. The van der Waals surface area contributed by atoms with Gasteiger partial charge in [-0.1, -0.05) is 25.5 Å². The van der Waals surface area contributed by atoms with Crippen molar-refractivity contribution in [1.29, 1.82) is 0 Å². The predicted molar refractivity (Wildman–Crippen MR) is 93.9 cm³/mol. The number of hydrogen-bond donors (Lipinski definition) is 0. The molecule has 4 nitrogen and oxygen atoms in total. The lowest BCUT2D eigenvalue weighted by molar-refractivity contribution is -0.137. The van der Waals surface area contributed by atoms with Crippen LogP contribution < -0.4 is 4.74 Å². The molecule has 1 aliphatic rings. The molecule has 1 aliphatic heterocycles. The monoisotopic (exact) mass is 318 g/mol. The molecule has 0 spiro atoms. The van der Waals surface area contributed by atoms with E-state index in [9.17, 15) is 4.79 Å². The molecule has 128 valence electrons. The van der Waals surface area contributed by atoms with Crippen LogP contribution in [-0.4, -0.2) is 56.5 Å². The number of likely N-dealkylation sites (tertiary alicyclic amines) is 1. The van der Waals surface area contributed by atoms with Crippen molar-refractivity contribution in [3.05, 3.63) is 29.8 Å². The Kier molecular flexibility index (Phi) is 6.05. The molecule has 0 N–H and O–H groups in total. The van der Waals surface area contributed by atoms with Crippen LogP contribution in [0.15, 0.2) is 24.3 Å². The van der Waals surface area contributed by atoms with E-state index in [0.717, 1.165) is 56.6 Å². The number of nitrogens with zero attached hydrogens (tertiary/aromatic N) is 2. The van der Waals surface area contributed by atoms with Gasteiger partial charge in [-0.15, -0.1) is 0 Å². The molecule has 2 rings (SSSR count). The quantitative estimate of drug-likeness (QED) is 0.808. The first-order valence-electron chi connectivity index (χ1n) is 8.62. The second-order valence-corrected chi connectivity index (χ2v) is 6.72. The van der Waals surface area contributed by atoms with Gasteiger partial charge in [0.15, 0.2) is 0 Å². The van der Waals surface area contributed by atoms with Crippen molar-refractivity contribution in [2.75, 3.05) is 40.8 Å². The average Bonchev–Trinajstić information content (AvgIpc) is 2.72. The first kappa shape index (κ1) is 17.8. The van der Waals surface area contributed by atoms with Gasteiger partial charge in [0.2, 0.25) is 5.91 Å². The average molecular weight is 318 g/mol. The highest BCUT2D eigenvalue weighted by atomic mass is 16.5. The summed E-state index contributed by atoms with van der Waals surface area (Å²) < 4.78 is 5.38. The predicted octanol–water partition coefficient (Wildman–Crippen LogP) is 2.92. The third kappa shape index (κ3) is 3.86. The maximum Gasteiger partial charge on any atom is 0.233 e. The van der Waals surface area contributed by atoms with Crippen molar-refractivity contribution in [1.82, 2.24) is 9.80 Å². The van der Waals surface area contributed by atoms with Gasteiger partial charge in [0.25, 0.3) is 0 Å². The first-order valence-corrected chi connectivity index (χ1v) is 8.62. The number of ether oxygens (including phenoxy) is 1. The van der Waals surface area contributed by atoms with Crippen molar-refractivity contribution in [3.63, 3.8) is 0 Å². The van der Waals surface area contributed by atoms with E-state index in [1.807, 2.05) is 18.2 Å². The fourth-order valence-corrected chi connectivity index (χ4v) is 3.50. The molecule has 0 aromatic heterocycles. The summed E-state index contributed by atoms with van der Waals surface area (Å²) in [7, 11) is 5.78. The lowest BCUT2D eigenvalue weighted by atomic mass is 9.73. The number of likely N-dealkylation sites (N-methyl/N-ethyl adjacent to an activating group) is 1.